The SMILES string of the molecule is CCCC(=O)Nc1c(C)cc(Cl)nc1Cl. The monoisotopic (exact) mass is 246 g/mol. The molecule has 0 aliphatic rings. The summed E-state index contributed by atoms with van der Waals surface area (Å²) in [5.74, 6) is -0.0633. The maximum absolute atomic E-state index is 11.4. The number of aromatic nitrogens is 1. The van der Waals surface area contributed by atoms with Crippen molar-refractivity contribution in [2.45, 2.75) is 26.7 Å². The average molecular weight is 247 g/mol. The van der Waals surface area contributed by atoms with Gasteiger partial charge in [0.05, 0.1) is 5.69 Å². The summed E-state index contributed by atoms with van der Waals surface area (Å²) in [5, 5.41) is 3.27. The summed E-state index contributed by atoms with van der Waals surface area (Å²) < 4.78 is 0. The second kappa shape index (κ2) is 5.33. The van der Waals surface area contributed by atoms with Crippen molar-refractivity contribution in [3.8, 4) is 0 Å². The third-order valence-electron chi connectivity index (χ3n) is 1.88. The molecule has 1 amide bonds. The molecule has 5 heteroatoms. The van der Waals surface area contributed by atoms with Gasteiger partial charge < -0.3 is 5.32 Å². The number of rotatable bonds is 3. The average Bonchev–Trinajstić information content (AvgIpc) is 2.11. The molecule has 0 aliphatic carbocycles. The van der Waals surface area contributed by atoms with Crippen molar-refractivity contribution in [1.82, 2.24) is 4.98 Å². The van der Waals surface area contributed by atoms with Crippen LogP contribution in [0.2, 0.25) is 10.3 Å². The van der Waals surface area contributed by atoms with Crippen LogP contribution in [-0.4, -0.2) is 10.9 Å². The van der Waals surface area contributed by atoms with Gasteiger partial charge >= 0.3 is 0 Å². The van der Waals surface area contributed by atoms with E-state index in [4.69, 9.17) is 23.2 Å². The van der Waals surface area contributed by atoms with E-state index in [1.807, 2.05) is 13.8 Å². The fraction of sp³-hybridized carbons (Fsp3) is 0.400. The van der Waals surface area contributed by atoms with Gasteiger partial charge in [0, 0.05) is 6.42 Å². The lowest BCUT2D eigenvalue weighted by atomic mass is 10.2. The second-order valence-corrected chi connectivity index (χ2v) is 3.97. The van der Waals surface area contributed by atoms with Gasteiger partial charge in [-0.25, -0.2) is 4.98 Å². The number of hydrogen-bond acceptors (Lipinski definition) is 2. The van der Waals surface area contributed by atoms with Crippen LogP contribution < -0.4 is 5.32 Å². The lowest BCUT2D eigenvalue weighted by molar-refractivity contribution is -0.116. The van der Waals surface area contributed by atoms with Crippen LogP contribution in [0.5, 0.6) is 0 Å². The molecule has 82 valence electrons. The number of halogens is 2. The van der Waals surface area contributed by atoms with Gasteiger partial charge in [0.1, 0.15) is 5.15 Å². The van der Waals surface area contributed by atoms with E-state index in [1.165, 1.54) is 0 Å². The van der Waals surface area contributed by atoms with E-state index in [1.54, 1.807) is 6.07 Å². The summed E-state index contributed by atoms with van der Waals surface area (Å²) in [7, 11) is 0. The predicted molar refractivity (Wildman–Crippen MR) is 62.5 cm³/mol. The number of nitrogens with one attached hydrogen (secondary N) is 1. The van der Waals surface area contributed by atoms with Crippen LogP contribution in [-0.2, 0) is 4.79 Å². The number of hydrogen-bond donors (Lipinski definition) is 1. The van der Waals surface area contributed by atoms with E-state index in [9.17, 15) is 4.79 Å². The Kier molecular flexibility index (Phi) is 4.36. The van der Waals surface area contributed by atoms with Crippen molar-refractivity contribution in [2.75, 3.05) is 5.32 Å². The molecule has 15 heavy (non-hydrogen) atoms. The minimum Gasteiger partial charge on any atom is -0.323 e. The highest BCUT2D eigenvalue weighted by Crippen LogP contribution is 2.26. The largest absolute Gasteiger partial charge is 0.323 e. The van der Waals surface area contributed by atoms with E-state index < -0.39 is 0 Å². The molecule has 0 fully saturated rings. The van der Waals surface area contributed by atoms with E-state index >= 15 is 0 Å². The zero-order valence-electron chi connectivity index (χ0n) is 8.60. The fourth-order valence-corrected chi connectivity index (χ4v) is 1.75. The standard InChI is InChI=1S/C10H12Cl2N2O/c1-3-4-8(15)14-9-6(2)5-7(11)13-10(9)12/h5H,3-4H2,1-2H3,(H,14,15). The van der Waals surface area contributed by atoms with Crippen molar-refractivity contribution in [3.63, 3.8) is 0 Å². The Balaban J connectivity index is 2.90. The van der Waals surface area contributed by atoms with Gasteiger partial charge in [0.2, 0.25) is 5.91 Å². The number of carbonyl (C=O) groups is 1. The number of aryl methyl sites for hydroxylation is 1. The summed E-state index contributed by atoms with van der Waals surface area (Å²) in [4.78, 5) is 15.2. The van der Waals surface area contributed by atoms with Crippen molar-refractivity contribution in [3.05, 3.63) is 21.9 Å². The van der Waals surface area contributed by atoms with E-state index in [2.05, 4.69) is 10.3 Å². The van der Waals surface area contributed by atoms with E-state index in [0.717, 1.165) is 12.0 Å². The molecule has 0 bridgehead atoms. The molecule has 0 radical (unpaired) electrons. The van der Waals surface area contributed by atoms with Crippen molar-refractivity contribution < 1.29 is 4.79 Å². The van der Waals surface area contributed by atoms with Crippen LogP contribution in [0.15, 0.2) is 6.07 Å². The lowest BCUT2D eigenvalue weighted by Gasteiger charge is -2.09. The van der Waals surface area contributed by atoms with Crippen molar-refractivity contribution >= 4 is 34.8 Å². The van der Waals surface area contributed by atoms with E-state index in [-0.39, 0.29) is 11.1 Å². The molecule has 0 aliphatic heterocycles. The number of pyridine rings is 1. The Morgan fingerprint density at radius 1 is 1.53 bits per heavy atom. The van der Waals surface area contributed by atoms with Gasteiger partial charge in [-0.1, -0.05) is 30.1 Å². The highest BCUT2D eigenvalue weighted by molar-refractivity contribution is 6.34. The van der Waals surface area contributed by atoms with Crippen molar-refractivity contribution in [2.24, 2.45) is 0 Å². The van der Waals surface area contributed by atoms with E-state index in [0.29, 0.717) is 17.3 Å². The first-order valence-corrected chi connectivity index (χ1v) is 5.42. The summed E-state index contributed by atoms with van der Waals surface area (Å²) in [6.07, 6.45) is 1.27. The summed E-state index contributed by atoms with van der Waals surface area (Å²) >= 11 is 11.6. The molecule has 0 saturated heterocycles. The van der Waals surface area contributed by atoms with Gasteiger partial charge in [-0.05, 0) is 25.0 Å². The molecule has 3 nitrogen and oxygen atoms in total. The third kappa shape index (κ3) is 3.36. The van der Waals surface area contributed by atoms with Crippen LogP contribution in [0.1, 0.15) is 25.3 Å². The fourth-order valence-electron chi connectivity index (χ4n) is 1.17. The van der Waals surface area contributed by atoms with Crippen molar-refractivity contribution in [1.29, 1.82) is 0 Å². The highest BCUT2D eigenvalue weighted by Gasteiger charge is 2.10. The van der Waals surface area contributed by atoms with Crippen LogP contribution in [0.4, 0.5) is 5.69 Å². The molecule has 1 rings (SSSR count). The molecule has 0 aromatic carbocycles. The molecule has 1 N–H and O–H groups in total. The zero-order chi connectivity index (χ0) is 11.4. The molecule has 0 spiro atoms. The number of amides is 1. The Morgan fingerprint density at radius 2 is 2.20 bits per heavy atom. The molecule has 1 aromatic heterocycles. The summed E-state index contributed by atoms with van der Waals surface area (Å²) in [6, 6.07) is 1.66. The van der Waals surface area contributed by atoms with Gasteiger partial charge in [-0.3, -0.25) is 4.79 Å². The molecular weight excluding hydrogens is 235 g/mol. The molecule has 1 aromatic rings. The molecule has 0 saturated carbocycles. The summed E-state index contributed by atoms with van der Waals surface area (Å²) in [5.41, 5.74) is 1.35. The first-order chi connectivity index (χ1) is 7.04. The first-order valence-electron chi connectivity index (χ1n) is 4.67. The quantitative estimate of drug-likeness (QED) is 0.831. The third-order valence-corrected chi connectivity index (χ3v) is 2.35. The van der Waals surface area contributed by atoms with Gasteiger partial charge in [0.25, 0.3) is 0 Å². The smallest absolute Gasteiger partial charge is 0.224 e. The van der Waals surface area contributed by atoms with Gasteiger partial charge in [0.15, 0.2) is 5.15 Å². The number of nitrogens with zero attached hydrogens (tertiary/aromatic N) is 1. The minimum absolute atomic E-state index is 0.0633. The molecule has 0 unspecified atom stereocenters. The highest BCUT2D eigenvalue weighted by atomic mass is 35.5. The lowest BCUT2D eigenvalue weighted by Crippen LogP contribution is -2.12. The molecular formula is C10H12Cl2N2O. The first kappa shape index (κ1) is 12.3. The number of anilines is 1. The second-order valence-electron chi connectivity index (χ2n) is 3.23. The molecule has 0 atom stereocenters. The molecule has 1 heterocycles. The Bertz CT molecular complexity index is 357. The Morgan fingerprint density at radius 3 is 2.73 bits per heavy atom. The van der Waals surface area contributed by atoms with Gasteiger partial charge in [-0.15, -0.1) is 0 Å². The van der Waals surface area contributed by atoms with Gasteiger partial charge in [-0.2, -0.15) is 0 Å². The maximum Gasteiger partial charge on any atom is 0.224 e. The number of carbonyl (C=O) groups excluding carboxylic acids is 1. The van der Waals surface area contributed by atoms with Crippen LogP contribution in [0, 0.1) is 6.92 Å². The van der Waals surface area contributed by atoms with Crippen LogP contribution in [0.25, 0.3) is 0 Å². The topological polar surface area (TPSA) is 42.0 Å². The Hall–Kier alpha value is -0.800. The summed E-state index contributed by atoms with van der Waals surface area (Å²) in [6.45, 7) is 3.76. The van der Waals surface area contributed by atoms with Crippen LogP contribution >= 0.6 is 23.2 Å². The Labute approximate surface area is 98.8 Å². The van der Waals surface area contributed by atoms with Crippen LogP contribution in [0.3, 0.4) is 0 Å². The maximum atomic E-state index is 11.4. The normalized spacial score (nSPS) is 10.1. The minimum atomic E-state index is -0.0633. The predicted octanol–water partition coefficient (Wildman–Crippen LogP) is 3.44. The zero-order valence-corrected chi connectivity index (χ0v) is 10.1.